The third-order valence-electron chi connectivity index (χ3n) is 3.36. The Labute approximate surface area is 95.9 Å². The lowest BCUT2D eigenvalue weighted by Crippen LogP contribution is -2.44. The van der Waals surface area contributed by atoms with Crippen molar-refractivity contribution in [3.63, 3.8) is 0 Å². The van der Waals surface area contributed by atoms with Gasteiger partial charge >= 0.3 is 0 Å². The van der Waals surface area contributed by atoms with Crippen LogP contribution in [-0.4, -0.2) is 41.7 Å². The molecule has 4 heteroatoms. The predicted octanol–water partition coefficient (Wildman–Crippen LogP) is 2.67. The minimum atomic E-state index is -2.55. The predicted molar refractivity (Wildman–Crippen MR) is 58.8 cm³/mol. The van der Waals surface area contributed by atoms with E-state index in [-0.39, 0.29) is 30.2 Å². The van der Waals surface area contributed by atoms with E-state index in [0.29, 0.717) is 0 Å². The fraction of sp³-hybridized carbons (Fsp3) is 1.00. The zero-order valence-corrected chi connectivity index (χ0v) is 10.5. The number of nitrogens with zero attached hydrogens (tertiary/aromatic N) is 1. The van der Waals surface area contributed by atoms with Crippen LogP contribution >= 0.6 is 0 Å². The van der Waals surface area contributed by atoms with Crippen molar-refractivity contribution in [3.8, 4) is 0 Å². The third-order valence-corrected chi connectivity index (χ3v) is 3.36. The number of likely N-dealkylation sites (tertiary alicyclic amines) is 1. The molecule has 1 saturated heterocycles. The highest BCUT2D eigenvalue weighted by atomic mass is 19.3. The standard InChI is InChI=1S/C12H21F2NO/c1-10(2,3)16-11(5-6-11)9-7-12(13,14)8-15(9)4/h9H,5-8H2,1-4H3. The summed E-state index contributed by atoms with van der Waals surface area (Å²) in [7, 11) is 1.78. The quantitative estimate of drug-likeness (QED) is 0.727. The van der Waals surface area contributed by atoms with E-state index < -0.39 is 5.92 Å². The summed E-state index contributed by atoms with van der Waals surface area (Å²) in [5, 5.41) is 0. The molecule has 1 heterocycles. The van der Waals surface area contributed by atoms with Gasteiger partial charge in [0.1, 0.15) is 0 Å². The van der Waals surface area contributed by atoms with Crippen LogP contribution in [0, 0.1) is 0 Å². The fourth-order valence-corrected chi connectivity index (χ4v) is 2.80. The van der Waals surface area contributed by atoms with Crippen LogP contribution in [0.4, 0.5) is 8.78 Å². The van der Waals surface area contributed by atoms with Gasteiger partial charge in [0.2, 0.25) is 0 Å². The molecule has 1 aliphatic heterocycles. The smallest absolute Gasteiger partial charge is 0.262 e. The average molecular weight is 233 g/mol. The van der Waals surface area contributed by atoms with Crippen molar-refractivity contribution >= 4 is 0 Å². The van der Waals surface area contributed by atoms with Gasteiger partial charge in [0.25, 0.3) is 5.92 Å². The van der Waals surface area contributed by atoms with Crippen molar-refractivity contribution in [3.05, 3.63) is 0 Å². The van der Waals surface area contributed by atoms with Crippen molar-refractivity contribution in [2.24, 2.45) is 0 Å². The van der Waals surface area contributed by atoms with Crippen molar-refractivity contribution < 1.29 is 13.5 Å². The number of hydrogen-bond donors (Lipinski definition) is 0. The summed E-state index contributed by atoms with van der Waals surface area (Å²) in [6.45, 7) is 5.83. The first kappa shape index (κ1) is 12.2. The summed E-state index contributed by atoms with van der Waals surface area (Å²) in [5.74, 6) is -2.55. The molecule has 94 valence electrons. The maximum absolute atomic E-state index is 13.3. The first-order chi connectivity index (χ1) is 7.14. The second-order valence-electron chi connectivity index (χ2n) is 6.27. The van der Waals surface area contributed by atoms with Crippen molar-refractivity contribution in [1.82, 2.24) is 4.90 Å². The number of rotatable bonds is 2. The highest BCUT2D eigenvalue weighted by molar-refractivity contribution is 5.11. The Morgan fingerprint density at radius 3 is 2.12 bits per heavy atom. The topological polar surface area (TPSA) is 12.5 Å². The molecule has 0 spiro atoms. The van der Waals surface area contributed by atoms with Gasteiger partial charge in [0, 0.05) is 12.5 Å². The molecule has 0 aromatic carbocycles. The fourth-order valence-electron chi connectivity index (χ4n) is 2.80. The molecule has 2 rings (SSSR count). The molecule has 1 saturated carbocycles. The minimum absolute atomic E-state index is 0.0560. The van der Waals surface area contributed by atoms with Crippen LogP contribution < -0.4 is 0 Å². The molecule has 1 atom stereocenters. The summed E-state index contributed by atoms with van der Waals surface area (Å²) < 4.78 is 32.7. The van der Waals surface area contributed by atoms with Gasteiger partial charge in [-0.1, -0.05) is 0 Å². The van der Waals surface area contributed by atoms with Gasteiger partial charge in [-0.15, -0.1) is 0 Å². The van der Waals surface area contributed by atoms with Crippen LogP contribution in [0.2, 0.25) is 0 Å². The molecule has 0 aromatic heterocycles. The largest absolute Gasteiger partial charge is 0.368 e. The summed E-state index contributed by atoms with van der Waals surface area (Å²) in [6.07, 6.45) is 1.77. The summed E-state index contributed by atoms with van der Waals surface area (Å²) in [6, 6.07) is -0.123. The van der Waals surface area contributed by atoms with Crippen LogP contribution in [0.1, 0.15) is 40.0 Å². The van der Waals surface area contributed by atoms with E-state index in [2.05, 4.69) is 0 Å². The van der Waals surface area contributed by atoms with Gasteiger partial charge in [0.15, 0.2) is 0 Å². The molecule has 2 aliphatic rings. The summed E-state index contributed by atoms with van der Waals surface area (Å²) >= 11 is 0. The lowest BCUT2D eigenvalue weighted by molar-refractivity contribution is -0.106. The first-order valence-electron chi connectivity index (χ1n) is 5.92. The Balaban J connectivity index is 2.08. The molecule has 0 amide bonds. The zero-order chi connectivity index (χ0) is 12.2. The molecule has 0 radical (unpaired) electrons. The number of halogens is 2. The van der Waals surface area contributed by atoms with Gasteiger partial charge in [-0.25, -0.2) is 8.78 Å². The molecule has 16 heavy (non-hydrogen) atoms. The summed E-state index contributed by atoms with van der Waals surface area (Å²) in [5.41, 5.74) is -0.567. The van der Waals surface area contributed by atoms with E-state index >= 15 is 0 Å². The second-order valence-corrected chi connectivity index (χ2v) is 6.27. The Bertz CT molecular complexity index is 281. The Morgan fingerprint density at radius 2 is 1.81 bits per heavy atom. The van der Waals surface area contributed by atoms with Crippen molar-refractivity contribution in [1.29, 1.82) is 0 Å². The van der Waals surface area contributed by atoms with Gasteiger partial charge in [-0.2, -0.15) is 0 Å². The number of alkyl halides is 2. The van der Waals surface area contributed by atoms with E-state index in [9.17, 15) is 8.78 Å². The second kappa shape index (κ2) is 3.39. The highest BCUT2D eigenvalue weighted by Crippen LogP contribution is 2.51. The lowest BCUT2D eigenvalue weighted by atomic mass is 10.0. The number of hydrogen-bond acceptors (Lipinski definition) is 2. The minimum Gasteiger partial charge on any atom is -0.368 e. The Kier molecular flexibility index (Phi) is 2.59. The number of ether oxygens (including phenoxy) is 1. The first-order valence-corrected chi connectivity index (χ1v) is 5.92. The van der Waals surface area contributed by atoms with Gasteiger partial charge in [-0.05, 0) is 40.7 Å². The SMILES string of the molecule is CN1CC(F)(F)CC1C1(OC(C)(C)C)CC1. The Hall–Kier alpha value is -0.220. The molecule has 2 nitrogen and oxygen atoms in total. The monoisotopic (exact) mass is 233 g/mol. The zero-order valence-electron chi connectivity index (χ0n) is 10.5. The van der Waals surface area contributed by atoms with E-state index in [1.165, 1.54) is 0 Å². The molecular formula is C12H21F2NO. The van der Waals surface area contributed by atoms with Crippen LogP contribution in [0.25, 0.3) is 0 Å². The normalized spacial score (nSPS) is 33.0. The van der Waals surface area contributed by atoms with E-state index in [4.69, 9.17) is 4.74 Å². The Morgan fingerprint density at radius 1 is 1.25 bits per heavy atom. The highest BCUT2D eigenvalue weighted by Gasteiger charge is 2.60. The van der Waals surface area contributed by atoms with Gasteiger partial charge in [0.05, 0.1) is 17.7 Å². The maximum Gasteiger partial charge on any atom is 0.262 e. The van der Waals surface area contributed by atoms with Crippen molar-refractivity contribution in [2.75, 3.05) is 13.6 Å². The molecule has 0 aromatic rings. The molecule has 0 bridgehead atoms. The molecule has 1 aliphatic carbocycles. The average Bonchev–Trinajstić information content (AvgIpc) is 2.71. The van der Waals surface area contributed by atoms with E-state index in [1.807, 2.05) is 20.8 Å². The summed E-state index contributed by atoms with van der Waals surface area (Å²) in [4.78, 5) is 1.76. The van der Waals surface area contributed by atoms with Gasteiger partial charge < -0.3 is 4.74 Å². The van der Waals surface area contributed by atoms with Crippen LogP contribution in [-0.2, 0) is 4.74 Å². The van der Waals surface area contributed by atoms with Crippen molar-refractivity contribution in [2.45, 2.75) is 63.2 Å². The van der Waals surface area contributed by atoms with Crippen LogP contribution in [0.15, 0.2) is 0 Å². The number of likely N-dealkylation sites (N-methyl/N-ethyl adjacent to an activating group) is 1. The lowest BCUT2D eigenvalue weighted by Gasteiger charge is -2.34. The molecule has 1 unspecified atom stereocenters. The van der Waals surface area contributed by atoms with E-state index in [0.717, 1.165) is 12.8 Å². The van der Waals surface area contributed by atoms with E-state index in [1.54, 1.807) is 11.9 Å². The molecule has 0 N–H and O–H groups in total. The van der Waals surface area contributed by atoms with Crippen LogP contribution in [0.5, 0.6) is 0 Å². The molecule has 2 fully saturated rings. The molecular weight excluding hydrogens is 212 g/mol. The third kappa shape index (κ3) is 2.38. The van der Waals surface area contributed by atoms with Crippen LogP contribution in [0.3, 0.4) is 0 Å². The maximum atomic E-state index is 13.3. The van der Waals surface area contributed by atoms with Gasteiger partial charge in [-0.3, -0.25) is 4.90 Å².